The fourth-order valence-corrected chi connectivity index (χ4v) is 2.91. The first-order chi connectivity index (χ1) is 9.78. The Morgan fingerprint density at radius 2 is 1.80 bits per heavy atom. The summed E-state index contributed by atoms with van der Waals surface area (Å²) in [5.74, 6) is 1.77. The van der Waals surface area contributed by atoms with E-state index < -0.39 is 0 Å². The third-order valence-corrected chi connectivity index (χ3v) is 4.24. The number of rotatable bonds is 7. The minimum atomic E-state index is -0.161. The molecule has 20 heavy (non-hydrogen) atoms. The highest BCUT2D eigenvalue weighted by atomic mass is 16.7. The maximum Gasteiger partial charge on any atom is 0.196 e. The summed E-state index contributed by atoms with van der Waals surface area (Å²) in [6.45, 7) is 4.96. The summed E-state index contributed by atoms with van der Waals surface area (Å²) in [5.41, 5.74) is 1.34. The zero-order chi connectivity index (χ0) is 14.2. The van der Waals surface area contributed by atoms with Gasteiger partial charge < -0.3 is 9.47 Å². The molecule has 0 aliphatic heterocycles. The van der Waals surface area contributed by atoms with Crippen LogP contribution >= 0.6 is 0 Å². The van der Waals surface area contributed by atoms with Gasteiger partial charge in [0.2, 0.25) is 0 Å². The Balaban J connectivity index is 1.65. The minimum absolute atomic E-state index is 0.161. The molecule has 112 valence electrons. The molecule has 1 aliphatic carbocycles. The summed E-state index contributed by atoms with van der Waals surface area (Å²) < 4.78 is 11.6. The molecule has 2 heteroatoms. The van der Waals surface area contributed by atoms with Gasteiger partial charge in [0, 0.05) is 0 Å². The molecule has 0 heterocycles. The van der Waals surface area contributed by atoms with Crippen LogP contribution in [0.5, 0.6) is 5.75 Å². The van der Waals surface area contributed by atoms with Gasteiger partial charge in [-0.05, 0) is 43.4 Å². The van der Waals surface area contributed by atoms with Gasteiger partial charge in [0.1, 0.15) is 5.75 Å². The number of hydrogen-bond donors (Lipinski definition) is 0. The van der Waals surface area contributed by atoms with Crippen molar-refractivity contribution in [1.82, 2.24) is 0 Å². The molecule has 2 nitrogen and oxygen atoms in total. The van der Waals surface area contributed by atoms with Crippen molar-refractivity contribution < 1.29 is 9.47 Å². The van der Waals surface area contributed by atoms with Gasteiger partial charge in [-0.1, -0.05) is 51.2 Å². The largest absolute Gasteiger partial charge is 0.465 e. The smallest absolute Gasteiger partial charge is 0.196 e. The summed E-state index contributed by atoms with van der Waals surface area (Å²) in [6, 6.07) is 8.29. The molecule has 0 spiro atoms. The summed E-state index contributed by atoms with van der Waals surface area (Å²) >= 11 is 0. The second-order valence-corrected chi connectivity index (χ2v) is 5.85. The summed E-state index contributed by atoms with van der Waals surface area (Å²) in [5, 5.41) is 0. The van der Waals surface area contributed by atoms with Crippen LogP contribution in [0.25, 0.3) is 0 Å². The van der Waals surface area contributed by atoms with E-state index in [-0.39, 0.29) is 6.29 Å². The molecular weight excluding hydrogens is 248 g/mol. The van der Waals surface area contributed by atoms with E-state index in [4.69, 9.17) is 9.47 Å². The fraction of sp³-hybridized carbons (Fsp3) is 0.667. The van der Waals surface area contributed by atoms with Crippen LogP contribution in [0.2, 0.25) is 0 Å². The molecule has 0 amide bonds. The van der Waals surface area contributed by atoms with E-state index in [0.717, 1.165) is 24.7 Å². The lowest BCUT2D eigenvalue weighted by molar-refractivity contribution is -0.0711. The Labute approximate surface area is 123 Å². The molecule has 0 bridgehead atoms. The molecule has 1 atom stereocenters. The van der Waals surface area contributed by atoms with Crippen LogP contribution < -0.4 is 4.74 Å². The molecule has 0 saturated heterocycles. The highest BCUT2D eigenvalue weighted by molar-refractivity contribution is 5.27. The van der Waals surface area contributed by atoms with Crippen molar-refractivity contribution in [3.8, 4) is 5.75 Å². The number of hydrogen-bond acceptors (Lipinski definition) is 2. The first-order valence-corrected chi connectivity index (χ1v) is 8.15. The zero-order valence-electron chi connectivity index (χ0n) is 12.9. The monoisotopic (exact) mass is 276 g/mol. The van der Waals surface area contributed by atoms with Gasteiger partial charge in [0.15, 0.2) is 6.29 Å². The van der Waals surface area contributed by atoms with Crippen LogP contribution in [-0.2, 0) is 11.2 Å². The molecule has 0 aromatic heterocycles. The van der Waals surface area contributed by atoms with E-state index in [9.17, 15) is 0 Å². The number of aryl methyl sites for hydroxylation is 1. The van der Waals surface area contributed by atoms with Crippen molar-refractivity contribution in [2.75, 3.05) is 6.61 Å². The SMILES string of the molecule is CCc1ccc(OC(C)OCCC2CCCCC2)cc1. The van der Waals surface area contributed by atoms with Gasteiger partial charge >= 0.3 is 0 Å². The van der Waals surface area contributed by atoms with Crippen LogP contribution in [0.3, 0.4) is 0 Å². The van der Waals surface area contributed by atoms with E-state index in [1.165, 1.54) is 44.1 Å². The Bertz CT molecular complexity index is 366. The zero-order valence-corrected chi connectivity index (χ0v) is 12.9. The maximum absolute atomic E-state index is 5.78. The Morgan fingerprint density at radius 3 is 2.45 bits per heavy atom. The van der Waals surface area contributed by atoms with Crippen LogP contribution in [0, 0.1) is 5.92 Å². The molecule has 1 aromatic rings. The van der Waals surface area contributed by atoms with Crippen molar-refractivity contribution in [2.24, 2.45) is 5.92 Å². The lowest BCUT2D eigenvalue weighted by Crippen LogP contribution is -2.19. The summed E-state index contributed by atoms with van der Waals surface area (Å²) in [6.07, 6.45) is 9.08. The van der Waals surface area contributed by atoms with Gasteiger partial charge in [-0.3, -0.25) is 0 Å². The van der Waals surface area contributed by atoms with E-state index in [1.54, 1.807) is 0 Å². The third kappa shape index (κ3) is 5.16. The highest BCUT2D eigenvalue weighted by Gasteiger charge is 2.13. The molecule has 1 unspecified atom stereocenters. The lowest BCUT2D eigenvalue weighted by atomic mass is 9.87. The second kappa shape index (κ2) is 8.31. The first-order valence-electron chi connectivity index (χ1n) is 8.15. The van der Waals surface area contributed by atoms with Crippen molar-refractivity contribution >= 4 is 0 Å². The van der Waals surface area contributed by atoms with E-state index in [2.05, 4.69) is 19.1 Å². The molecule has 2 rings (SSSR count). The first kappa shape index (κ1) is 15.4. The van der Waals surface area contributed by atoms with Crippen LogP contribution in [0.15, 0.2) is 24.3 Å². The van der Waals surface area contributed by atoms with E-state index >= 15 is 0 Å². The minimum Gasteiger partial charge on any atom is -0.465 e. The Hall–Kier alpha value is -1.02. The molecule has 0 radical (unpaired) electrons. The van der Waals surface area contributed by atoms with Gasteiger partial charge in [-0.25, -0.2) is 0 Å². The number of benzene rings is 1. The normalized spacial score (nSPS) is 17.9. The predicted molar refractivity (Wildman–Crippen MR) is 83.1 cm³/mol. The highest BCUT2D eigenvalue weighted by Crippen LogP contribution is 2.26. The summed E-state index contributed by atoms with van der Waals surface area (Å²) in [4.78, 5) is 0. The van der Waals surface area contributed by atoms with Crippen molar-refractivity contribution in [3.63, 3.8) is 0 Å². The van der Waals surface area contributed by atoms with Gasteiger partial charge in [0.25, 0.3) is 0 Å². The summed E-state index contributed by atoms with van der Waals surface area (Å²) in [7, 11) is 0. The fourth-order valence-electron chi connectivity index (χ4n) is 2.91. The average Bonchev–Trinajstić information content (AvgIpc) is 2.49. The van der Waals surface area contributed by atoms with Gasteiger partial charge in [-0.15, -0.1) is 0 Å². The second-order valence-electron chi connectivity index (χ2n) is 5.85. The maximum atomic E-state index is 5.78. The molecular formula is C18H28O2. The Kier molecular flexibility index (Phi) is 6.38. The predicted octanol–water partition coefficient (Wildman–Crippen LogP) is 4.96. The average molecular weight is 276 g/mol. The molecule has 1 fully saturated rings. The van der Waals surface area contributed by atoms with Crippen LogP contribution in [0.4, 0.5) is 0 Å². The molecule has 1 aliphatic rings. The van der Waals surface area contributed by atoms with Crippen LogP contribution in [-0.4, -0.2) is 12.9 Å². The van der Waals surface area contributed by atoms with E-state index in [0.29, 0.717) is 0 Å². The topological polar surface area (TPSA) is 18.5 Å². The van der Waals surface area contributed by atoms with Gasteiger partial charge in [0.05, 0.1) is 6.61 Å². The van der Waals surface area contributed by atoms with Crippen molar-refractivity contribution in [2.45, 2.75) is 65.1 Å². The third-order valence-electron chi connectivity index (χ3n) is 4.24. The van der Waals surface area contributed by atoms with Gasteiger partial charge in [-0.2, -0.15) is 0 Å². The van der Waals surface area contributed by atoms with E-state index in [1.807, 2.05) is 19.1 Å². The molecule has 0 N–H and O–H groups in total. The Morgan fingerprint density at radius 1 is 1.10 bits per heavy atom. The van der Waals surface area contributed by atoms with Crippen molar-refractivity contribution in [1.29, 1.82) is 0 Å². The molecule has 1 saturated carbocycles. The lowest BCUT2D eigenvalue weighted by Gasteiger charge is -2.22. The standard InChI is InChI=1S/C18H28O2/c1-3-16-9-11-18(12-10-16)20-15(2)19-14-13-17-7-5-4-6-8-17/h9-12,15,17H,3-8,13-14H2,1-2H3. The van der Waals surface area contributed by atoms with Crippen LogP contribution in [0.1, 0.15) is 57.9 Å². The number of ether oxygens (including phenoxy) is 2. The quantitative estimate of drug-likeness (QED) is 0.655. The van der Waals surface area contributed by atoms with Crippen molar-refractivity contribution in [3.05, 3.63) is 29.8 Å². The molecule has 1 aromatic carbocycles.